The van der Waals surface area contributed by atoms with E-state index < -0.39 is 5.60 Å². The SMILES string of the molecule is CCNC(=O)CN1CC(O)(C(C)C)C1. The largest absolute Gasteiger partial charge is 0.387 e. The van der Waals surface area contributed by atoms with Crippen LogP contribution < -0.4 is 5.32 Å². The first kappa shape index (κ1) is 11.5. The van der Waals surface area contributed by atoms with Crippen LogP contribution in [0.2, 0.25) is 0 Å². The molecular weight excluding hydrogens is 180 g/mol. The number of rotatable bonds is 4. The molecule has 0 aliphatic carbocycles. The van der Waals surface area contributed by atoms with E-state index in [1.165, 1.54) is 0 Å². The minimum Gasteiger partial charge on any atom is -0.387 e. The predicted molar refractivity (Wildman–Crippen MR) is 54.9 cm³/mol. The van der Waals surface area contributed by atoms with Crippen LogP contribution in [-0.2, 0) is 4.79 Å². The first-order valence-corrected chi connectivity index (χ1v) is 5.19. The Morgan fingerprint density at radius 1 is 1.57 bits per heavy atom. The van der Waals surface area contributed by atoms with E-state index in [-0.39, 0.29) is 11.8 Å². The molecule has 2 N–H and O–H groups in total. The number of amides is 1. The Labute approximate surface area is 85.3 Å². The van der Waals surface area contributed by atoms with Gasteiger partial charge in [-0.25, -0.2) is 0 Å². The van der Waals surface area contributed by atoms with Crippen molar-refractivity contribution < 1.29 is 9.90 Å². The molecular formula is C10H20N2O2. The van der Waals surface area contributed by atoms with Gasteiger partial charge in [-0.3, -0.25) is 9.69 Å². The minimum absolute atomic E-state index is 0.0401. The van der Waals surface area contributed by atoms with Crippen molar-refractivity contribution in [3.63, 3.8) is 0 Å². The molecule has 82 valence electrons. The number of hydrogen-bond donors (Lipinski definition) is 2. The molecule has 4 heteroatoms. The summed E-state index contributed by atoms with van der Waals surface area (Å²) in [6.07, 6.45) is 0. The molecule has 0 aromatic rings. The molecule has 1 aliphatic rings. The second kappa shape index (κ2) is 4.28. The van der Waals surface area contributed by atoms with E-state index in [2.05, 4.69) is 5.32 Å². The van der Waals surface area contributed by atoms with Crippen molar-refractivity contribution in [2.24, 2.45) is 5.92 Å². The van der Waals surface area contributed by atoms with Crippen LogP contribution in [0.25, 0.3) is 0 Å². The topological polar surface area (TPSA) is 52.6 Å². The number of nitrogens with one attached hydrogen (secondary N) is 1. The molecule has 1 fully saturated rings. The number of carbonyl (C=O) groups is 1. The molecule has 0 unspecified atom stereocenters. The lowest BCUT2D eigenvalue weighted by Gasteiger charge is -2.48. The summed E-state index contributed by atoms with van der Waals surface area (Å²) >= 11 is 0. The maximum absolute atomic E-state index is 11.2. The Balaban J connectivity index is 2.25. The highest BCUT2D eigenvalue weighted by molar-refractivity contribution is 5.78. The van der Waals surface area contributed by atoms with E-state index in [0.717, 1.165) is 0 Å². The molecule has 0 bridgehead atoms. The van der Waals surface area contributed by atoms with Gasteiger partial charge in [0.05, 0.1) is 12.1 Å². The first-order chi connectivity index (χ1) is 6.48. The van der Waals surface area contributed by atoms with Gasteiger partial charge in [0, 0.05) is 19.6 Å². The van der Waals surface area contributed by atoms with Gasteiger partial charge in [0.25, 0.3) is 0 Å². The average Bonchev–Trinajstić information content (AvgIpc) is 2.01. The number of carbonyl (C=O) groups excluding carboxylic acids is 1. The molecule has 1 saturated heterocycles. The molecule has 4 nitrogen and oxygen atoms in total. The molecule has 1 rings (SSSR count). The van der Waals surface area contributed by atoms with Gasteiger partial charge in [-0.05, 0) is 12.8 Å². The monoisotopic (exact) mass is 200 g/mol. The zero-order valence-electron chi connectivity index (χ0n) is 9.21. The van der Waals surface area contributed by atoms with Crippen LogP contribution in [0.3, 0.4) is 0 Å². The Kier molecular flexibility index (Phi) is 3.50. The maximum Gasteiger partial charge on any atom is 0.234 e. The van der Waals surface area contributed by atoms with Gasteiger partial charge < -0.3 is 10.4 Å². The summed E-state index contributed by atoms with van der Waals surface area (Å²) in [5, 5.41) is 12.7. The van der Waals surface area contributed by atoms with E-state index in [4.69, 9.17) is 0 Å². The molecule has 0 atom stereocenters. The third-order valence-corrected chi connectivity index (χ3v) is 2.81. The smallest absolute Gasteiger partial charge is 0.234 e. The number of likely N-dealkylation sites (tertiary alicyclic amines) is 1. The molecule has 0 saturated carbocycles. The number of hydrogen-bond acceptors (Lipinski definition) is 3. The number of likely N-dealkylation sites (N-methyl/N-ethyl adjacent to an activating group) is 1. The maximum atomic E-state index is 11.2. The summed E-state index contributed by atoms with van der Waals surface area (Å²) in [5.74, 6) is 0.297. The summed E-state index contributed by atoms with van der Waals surface area (Å²) in [4.78, 5) is 13.2. The van der Waals surface area contributed by atoms with E-state index >= 15 is 0 Å². The minimum atomic E-state index is -0.577. The lowest BCUT2D eigenvalue weighted by atomic mass is 9.83. The van der Waals surface area contributed by atoms with Crippen molar-refractivity contribution in [1.82, 2.24) is 10.2 Å². The zero-order valence-corrected chi connectivity index (χ0v) is 9.21. The third-order valence-electron chi connectivity index (χ3n) is 2.81. The fraction of sp³-hybridized carbons (Fsp3) is 0.900. The Hall–Kier alpha value is -0.610. The number of nitrogens with zero attached hydrogens (tertiary/aromatic N) is 1. The fourth-order valence-electron chi connectivity index (χ4n) is 1.66. The van der Waals surface area contributed by atoms with Crippen LogP contribution in [0.5, 0.6) is 0 Å². The third kappa shape index (κ3) is 2.45. The van der Waals surface area contributed by atoms with Gasteiger partial charge in [0.2, 0.25) is 5.91 Å². The average molecular weight is 200 g/mol. The lowest BCUT2D eigenvalue weighted by molar-refractivity contribution is -0.142. The molecule has 0 aromatic heterocycles. The highest BCUT2D eigenvalue weighted by Gasteiger charge is 2.43. The van der Waals surface area contributed by atoms with Crippen molar-refractivity contribution >= 4 is 5.91 Å². The molecule has 14 heavy (non-hydrogen) atoms. The molecule has 1 aliphatic heterocycles. The van der Waals surface area contributed by atoms with Gasteiger partial charge in [-0.15, -0.1) is 0 Å². The summed E-state index contributed by atoms with van der Waals surface area (Å²) in [7, 11) is 0. The summed E-state index contributed by atoms with van der Waals surface area (Å²) < 4.78 is 0. The van der Waals surface area contributed by atoms with Crippen molar-refractivity contribution in [2.45, 2.75) is 26.4 Å². The summed E-state index contributed by atoms with van der Waals surface area (Å²) in [5.41, 5.74) is -0.577. The van der Waals surface area contributed by atoms with Crippen LogP contribution in [0, 0.1) is 5.92 Å². The second-order valence-electron chi connectivity index (χ2n) is 4.36. The highest BCUT2D eigenvalue weighted by Crippen LogP contribution is 2.27. The molecule has 0 spiro atoms. The van der Waals surface area contributed by atoms with E-state index in [9.17, 15) is 9.90 Å². The molecule has 1 amide bonds. The Morgan fingerprint density at radius 2 is 2.14 bits per heavy atom. The normalized spacial score (nSPS) is 20.6. The van der Waals surface area contributed by atoms with E-state index in [0.29, 0.717) is 26.2 Å². The van der Waals surface area contributed by atoms with E-state index in [1.807, 2.05) is 25.7 Å². The molecule has 0 radical (unpaired) electrons. The van der Waals surface area contributed by atoms with Gasteiger partial charge in [-0.2, -0.15) is 0 Å². The fourth-order valence-corrected chi connectivity index (χ4v) is 1.66. The first-order valence-electron chi connectivity index (χ1n) is 5.19. The Bertz CT molecular complexity index is 210. The van der Waals surface area contributed by atoms with Crippen LogP contribution >= 0.6 is 0 Å². The standard InChI is InChI=1S/C10H20N2O2/c1-4-11-9(13)5-12-6-10(14,7-12)8(2)3/h8,14H,4-7H2,1-3H3,(H,11,13). The Morgan fingerprint density at radius 3 is 2.57 bits per heavy atom. The molecule has 0 aromatic carbocycles. The van der Waals surface area contributed by atoms with Crippen LogP contribution in [-0.4, -0.2) is 47.7 Å². The highest BCUT2D eigenvalue weighted by atomic mass is 16.3. The van der Waals surface area contributed by atoms with Gasteiger partial charge >= 0.3 is 0 Å². The van der Waals surface area contributed by atoms with Crippen LogP contribution in [0.1, 0.15) is 20.8 Å². The predicted octanol–water partition coefficient (Wildman–Crippen LogP) is -0.175. The van der Waals surface area contributed by atoms with Crippen LogP contribution in [0.15, 0.2) is 0 Å². The van der Waals surface area contributed by atoms with Gasteiger partial charge in [0.15, 0.2) is 0 Å². The van der Waals surface area contributed by atoms with E-state index in [1.54, 1.807) is 0 Å². The summed E-state index contributed by atoms with van der Waals surface area (Å²) in [6.45, 7) is 8.21. The quantitative estimate of drug-likeness (QED) is 0.662. The van der Waals surface area contributed by atoms with Crippen LogP contribution in [0.4, 0.5) is 0 Å². The summed E-state index contributed by atoms with van der Waals surface area (Å²) in [6, 6.07) is 0. The number of β-amino-alcohol motifs (C(OH)–C–C–N with tert-alkyl or cyclic N) is 1. The number of aliphatic hydroxyl groups is 1. The second-order valence-corrected chi connectivity index (χ2v) is 4.36. The van der Waals surface area contributed by atoms with Crippen molar-refractivity contribution in [1.29, 1.82) is 0 Å². The lowest BCUT2D eigenvalue weighted by Crippen LogP contribution is -2.65. The van der Waals surface area contributed by atoms with Crippen molar-refractivity contribution in [3.05, 3.63) is 0 Å². The zero-order chi connectivity index (χ0) is 10.8. The van der Waals surface area contributed by atoms with Crippen molar-refractivity contribution in [3.8, 4) is 0 Å². The van der Waals surface area contributed by atoms with Crippen molar-refractivity contribution in [2.75, 3.05) is 26.2 Å². The van der Waals surface area contributed by atoms with Gasteiger partial charge in [-0.1, -0.05) is 13.8 Å². The molecule has 1 heterocycles. The van der Waals surface area contributed by atoms with Gasteiger partial charge in [0.1, 0.15) is 0 Å².